The highest BCUT2D eigenvalue weighted by atomic mass is 16.4. The Morgan fingerprint density at radius 1 is 1.14 bits per heavy atom. The van der Waals surface area contributed by atoms with E-state index in [9.17, 15) is 14.4 Å². The van der Waals surface area contributed by atoms with E-state index in [1.807, 2.05) is 0 Å². The number of hydrogen-bond donors (Lipinski definition) is 4. The van der Waals surface area contributed by atoms with Crippen molar-refractivity contribution in [2.75, 3.05) is 5.32 Å². The molecule has 2 aromatic rings. The lowest BCUT2D eigenvalue weighted by Crippen LogP contribution is -2.15. The first kappa shape index (κ1) is 14.3. The van der Waals surface area contributed by atoms with Gasteiger partial charge in [0.2, 0.25) is 5.91 Å². The van der Waals surface area contributed by atoms with Crippen molar-refractivity contribution in [3.8, 4) is 0 Å². The lowest BCUT2D eigenvalue weighted by atomic mass is 10.1. The minimum Gasteiger partial charge on any atom is -0.477 e. The molecule has 0 bridgehead atoms. The van der Waals surface area contributed by atoms with Crippen molar-refractivity contribution in [1.29, 1.82) is 0 Å². The summed E-state index contributed by atoms with van der Waals surface area (Å²) in [6.07, 6.45) is 0. The Labute approximate surface area is 119 Å². The Hall–Kier alpha value is -3.09. The molecule has 1 aromatic heterocycles. The van der Waals surface area contributed by atoms with Crippen LogP contribution in [0, 0.1) is 6.92 Å². The summed E-state index contributed by atoms with van der Waals surface area (Å²) in [6, 6.07) is 7.26. The van der Waals surface area contributed by atoms with Crippen LogP contribution in [0.4, 0.5) is 5.69 Å². The summed E-state index contributed by atoms with van der Waals surface area (Å²) < 4.78 is 0. The molecule has 2 amide bonds. The molecule has 1 aromatic carbocycles. The molecule has 0 saturated heterocycles. The molecule has 7 heteroatoms. The fourth-order valence-electron chi connectivity index (χ4n) is 1.84. The number of carbonyl (C=O) groups excluding carboxylic acids is 2. The van der Waals surface area contributed by atoms with Crippen molar-refractivity contribution in [2.45, 2.75) is 6.92 Å². The number of aromatic amines is 1. The summed E-state index contributed by atoms with van der Waals surface area (Å²) in [4.78, 5) is 36.7. The Morgan fingerprint density at radius 2 is 1.71 bits per heavy atom. The molecular weight excluding hydrogens is 274 g/mol. The second kappa shape index (κ2) is 5.49. The van der Waals surface area contributed by atoms with Gasteiger partial charge in [-0.1, -0.05) is 0 Å². The number of carbonyl (C=O) groups is 3. The first-order valence-corrected chi connectivity index (χ1v) is 6.02. The smallest absolute Gasteiger partial charge is 0.354 e. The largest absolute Gasteiger partial charge is 0.477 e. The number of nitrogens with two attached hydrogens (primary N) is 1. The lowest BCUT2D eigenvalue weighted by Gasteiger charge is -2.05. The van der Waals surface area contributed by atoms with E-state index in [2.05, 4.69) is 10.3 Å². The molecule has 0 aliphatic heterocycles. The molecule has 0 unspecified atom stereocenters. The molecule has 5 N–H and O–H groups in total. The first-order chi connectivity index (χ1) is 9.88. The van der Waals surface area contributed by atoms with Gasteiger partial charge in [0.25, 0.3) is 5.91 Å². The molecule has 0 saturated carbocycles. The molecule has 0 atom stereocenters. The van der Waals surface area contributed by atoms with E-state index < -0.39 is 17.8 Å². The van der Waals surface area contributed by atoms with E-state index in [0.717, 1.165) is 0 Å². The zero-order chi connectivity index (χ0) is 15.6. The van der Waals surface area contributed by atoms with Crippen LogP contribution in [0.15, 0.2) is 30.3 Å². The van der Waals surface area contributed by atoms with E-state index in [4.69, 9.17) is 10.8 Å². The van der Waals surface area contributed by atoms with Crippen molar-refractivity contribution in [1.82, 2.24) is 4.98 Å². The summed E-state index contributed by atoms with van der Waals surface area (Å²) in [6.45, 7) is 1.68. The van der Waals surface area contributed by atoms with E-state index in [1.54, 1.807) is 6.92 Å². The normalized spacial score (nSPS) is 10.1. The predicted molar refractivity (Wildman–Crippen MR) is 75.4 cm³/mol. The molecule has 0 fully saturated rings. The van der Waals surface area contributed by atoms with Gasteiger partial charge in [0, 0.05) is 16.8 Å². The van der Waals surface area contributed by atoms with Crippen LogP contribution >= 0.6 is 0 Å². The summed E-state index contributed by atoms with van der Waals surface area (Å²) in [5.74, 6) is -2.23. The third kappa shape index (κ3) is 3.08. The maximum Gasteiger partial charge on any atom is 0.354 e. The van der Waals surface area contributed by atoms with Gasteiger partial charge < -0.3 is 21.1 Å². The number of anilines is 1. The van der Waals surface area contributed by atoms with Gasteiger partial charge in [0.15, 0.2) is 0 Å². The number of amides is 2. The van der Waals surface area contributed by atoms with Gasteiger partial charge in [-0.25, -0.2) is 4.79 Å². The van der Waals surface area contributed by atoms with Crippen molar-refractivity contribution in [3.63, 3.8) is 0 Å². The third-order valence-electron chi connectivity index (χ3n) is 2.85. The number of aromatic nitrogens is 1. The first-order valence-electron chi connectivity index (χ1n) is 6.02. The molecule has 7 nitrogen and oxygen atoms in total. The molecule has 2 rings (SSSR count). The average Bonchev–Trinajstić information content (AvgIpc) is 2.80. The van der Waals surface area contributed by atoms with Crippen LogP contribution in [0.5, 0.6) is 0 Å². The highest BCUT2D eigenvalue weighted by Gasteiger charge is 2.16. The molecule has 0 radical (unpaired) electrons. The molecule has 108 valence electrons. The highest BCUT2D eigenvalue weighted by molar-refractivity contribution is 6.07. The molecule has 0 spiro atoms. The number of carboxylic acids is 1. The van der Waals surface area contributed by atoms with Crippen LogP contribution in [0.3, 0.4) is 0 Å². The summed E-state index contributed by atoms with van der Waals surface area (Å²) in [7, 11) is 0. The Bertz CT molecular complexity index is 716. The Balaban J connectivity index is 2.22. The molecule has 0 aliphatic carbocycles. The van der Waals surface area contributed by atoms with E-state index in [1.165, 1.54) is 30.3 Å². The minimum absolute atomic E-state index is 0.0883. The summed E-state index contributed by atoms with van der Waals surface area (Å²) >= 11 is 0. The molecular formula is C14H13N3O4. The topological polar surface area (TPSA) is 125 Å². The van der Waals surface area contributed by atoms with E-state index in [-0.39, 0.29) is 22.5 Å². The quantitative estimate of drug-likeness (QED) is 0.677. The van der Waals surface area contributed by atoms with Gasteiger partial charge in [-0.2, -0.15) is 0 Å². The van der Waals surface area contributed by atoms with Crippen molar-refractivity contribution in [3.05, 3.63) is 52.8 Å². The zero-order valence-electron chi connectivity index (χ0n) is 11.1. The van der Waals surface area contributed by atoms with Crippen LogP contribution in [0.25, 0.3) is 0 Å². The standard InChI is InChI=1S/C14H13N3O4/c1-7-6-10(11(16-7)14(20)21)17-13(19)9-4-2-8(3-5-9)12(15)18/h2-6,16H,1H3,(H2,15,18)(H,17,19)(H,20,21). The second-order valence-electron chi connectivity index (χ2n) is 4.44. The van der Waals surface area contributed by atoms with Gasteiger partial charge in [-0.05, 0) is 37.3 Å². The van der Waals surface area contributed by atoms with Crippen molar-refractivity contribution >= 4 is 23.5 Å². The van der Waals surface area contributed by atoms with Gasteiger partial charge in [0.1, 0.15) is 5.69 Å². The van der Waals surface area contributed by atoms with E-state index in [0.29, 0.717) is 5.69 Å². The van der Waals surface area contributed by atoms with Gasteiger partial charge in [-0.3, -0.25) is 9.59 Å². The van der Waals surface area contributed by atoms with Gasteiger partial charge in [0.05, 0.1) is 5.69 Å². The monoisotopic (exact) mass is 287 g/mol. The molecule has 1 heterocycles. The highest BCUT2D eigenvalue weighted by Crippen LogP contribution is 2.18. The van der Waals surface area contributed by atoms with Crippen LogP contribution < -0.4 is 11.1 Å². The lowest BCUT2D eigenvalue weighted by molar-refractivity contribution is 0.0692. The Morgan fingerprint density at radius 3 is 2.24 bits per heavy atom. The predicted octanol–water partition coefficient (Wildman–Crippen LogP) is 1.37. The fourth-order valence-corrected chi connectivity index (χ4v) is 1.84. The molecule has 0 aliphatic rings. The number of carboxylic acid groups (broad SMARTS) is 1. The van der Waals surface area contributed by atoms with Crippen molar-refractivity contribution < 1.29 is 19.5 Å². The average molecular weight is 287 g/mol. The van der Waals surface area contributed by atoms with Crippen molar-refractivity contribution in [2.24, 2.45) is 5.73 Å². The summed E-state index contributed by atoms with van der Waals surface area (Å²) in [5.41, 5.74) is 6.40. The Kier molecular flexibility index (Phi) is 3.75. The fraction of sp³-hybridized carbons (Fsp3) is 0.0714. The second-order valence-corrected chi connectivity index (χ2v) is 4.44. The maximum atomic E-state index is 12.0. The number of benzene rings is 1. The number of H-pyrrole nitrogens is 1. The zero-order valence-corrected chi connectivity index (χ0v) is 11.1. The minimum atomic E-state index is -1.16. The number of rotatable bonds is 4. The number of nitrogens with one attached hydrogen (secondary N) is 2. The number of aryl methyl sites for hydroxylation is 1. The molecule has 21 heavy (non-hydrogen) atoms. The number of primary amides is 1. The van der Waals surface area contributed by atoms with E-state index >= 15 is 0 Å². The van der Waals surface area contributed by atoms with Crippen LogP contribution in [0.2, 0.25) is 0 Å². The van der Waals surface area contributed by atoms with Gasteiger partial charge in [-0.15, -0.1) is 0 Å². The van der Waals surface area contributed by atoms with Crippen LogP contribution in [-0.4, -0.2) is 27.9 Å². The van der Waals surface area contributed by atoms with Crippen LogP contribution in [-0.2, 0) is 0 Å². The number of hydrogen-bond acceptors (Lipinski definition) is 3. The number of aromatic carboxylic acids is 1. The third-order valence-corrected chi connectivity index (χ3v) is 2.85. The summed E-state index contributed by atoms with van der Waals surface area (Å²) in [5, 5.41) is 11.5. The SMILES string of the molecule is Cc1cc(NC(=O)c2ccc(C(N)=O)cc2)c(C(=O)O)[nH]1. The maximum absolute atomic E-state index is 12.0. The van der Waals surface area contributed by atoms with Crippen LogP contribution in [0.1, 0.15) is 36.9 Å². The van der Waals surface area contributed by atoms with Gasteiger partial charge >= 0.3 is 5.97 Å².